The van der Waals surface area contributed by atoms with Gasteiger partial charge >= 0.3 is 6.18 Å². The first-order chi connectivity index (χ1) is 9.38. The second-order valence-corrected chi connectivity index (χ2v) is 4.14. The molecule has 0 atom stereocenters. The van der Waals surface area contributed by atoms with E-state index >= 15 is 0 Å². The highest BCUT2D eigenvalue weighted by atomic mass is 19.4. The lowest BCUT2D eigenvalue weighted by atomic mass is 10.1. The maximum Gasteiger partial charge on any atom is 0.419 e. The number of aromatic nitrogens is 1. The number of anilines is 2. The number of benzene rings is 1. The summed E-state index contributed by atoms with van der Waals surface area (Å²) in [5.41, 5.74) is 5.51. The number of rotatable bonds is 3. The molecule has 1 aromatic carbocycles. The van der Waals surface area contributed by atoms with E-state index in [4.69, 9.17) is 5.73 Å². The fraction of sp³-hybridized carbons (Fsp3) is 0.154. The molecule has 4 nitrogen and oxygen atoms in total. The van der Waals surface area contributed by atoms with Crippen LogP contribution in [0.2, 0.25) is 0 Å². The highest BCUT2D eigenvalue weighted by molar-refractivity contribution is 5.50. The Morgan fingerprint density at radius 2 is 2.00 bits per heavy atom. The second-order valence-electron chi connectivity index (χ2n) is 4.14. The van der Waals surface area contributed by atoms with Crippen molar-refractivity contribution in [3.05, 3.63) is 47.7 Å². The lowest BCUT2D eigenvalue weighted by molar-refractivity contribution is -0.137. The van der Waals surface area contributed by atoms with E-state index in [1.165, 1.54) is 30.5 Å². The molecule has 1 aromatic heterocycles. The number of phenols is 1. The monoisotopic (exact) mass is 283 g/mol. The summed E-state index contributed by atoms with van der Waals surface area (Å²) in [5.74, 6) is -0.335. The quantitative estimate of drug-likeness (QED) is 0.598. The minimum atomic E-state index is -4.49. The van der Waals surface area contributed by atoms with Gasteiger partial charge < -0.3 is 16.2 Å². The van der Waals surface area contributed by atoms with Gasteiger partial charge in [-0.15, -0.1) is 0 Å². The highest BCUT2D eigenvalue weighted by Crippen LogP contribution is 2.33. The van der Waals surface area contributed by atoms with Gasteiger partial charge in [-0.25, -0.2) is 4.98 Å². The zero-order valence-electron chi connectivity index (χ0n) is 10.3. The molecular formula is C13H12F3N3O. The molecule has 106 valence electrons. The van der Waals surface area contributed by atoms with E-state index in [2.05, 4.69) is 10.3 Å². The number of hydrogen-bond donors (Lipinski definition) is 3. The largest absolute Gasteiger partial charge is 0.508 e. The van der Waals surface area contributed by atoms with E-state index in [0.29, 0.717) is 11.3 Å². The molecule has 4 N–H and O–H groups in total. The Morgan fingerprint density at radius 3 is 2.70 bits per heavy atom. The molecule has 0 aliphatic rings. The number of hydrogen-bond acceptors (Lipinski definition) is 4. The standard InChI is InChI=1S/C13H12F3N3O/c14-13(15,16)10-2-1-5-18-12(10)19-7-8-6-9(17)3-4-11(8)20/h1-6,20H,7,17H2,(H,18,19). The average Bonchev–Trinajstić information content (AvgIpc) is 2.39. The molecule has 0 aliphatic heterocycles. The maximum atomic E-state index is 12.8. The van der Waals surface area contributed by atoms with Gasteiger partial charge in [0.05, 0.1) is 5.56 Å². The number of pyridine rings is 1. The number of aromatic hydroxyl groups is 1. The molecule has 7 heteroatoms. The molecule has 0 spiro atoms. The molecule has 0 saturated carbocycles. The summed E-state index contributed by atoms with van der Waals surface area (Å²) in [6.07, 6.45) is -3.23. The molecule has 2 aromatic rings. The third kappa shape index (κ3) is 3.11. The number of alkyl halides is 3. The van der Waals surface area contributed by atoms with Crippen molar-refractivity contribution in [3.8, 4) is 5.75 Å². The molecule has 0 aliphatic carbocycles. The van der Waals surface area contributed by atoms with Crippen LogP contribution in [-0.4, -0.2) is 10.1 Å². The van der Waals surface area contributed by atoms with Crippen LogP contribution in [0.4, 0.5) is 24.7 Å². The minimum absolute atomic E-state index is 0.0169. The van der Waals surface area contributed by atoms with Crippen LogP contribution in [0.5, 0.6) is 5.75 Å². The summed E-state index contributed by atoms with van der Waals surface area (Å²) in [4.78, 5) is 3.67. The van der Waals surface area contributed by atoms with Crippen LogP contribution in [0.15, 0.2) is 36.5 Å². The Hall–Kier alpha value is -2.44. The lowest BCUT2D eigenvalue weighted by Crippen LogP contribution is -2.12. The van der Waals surface area contributed by atoms with Gasteiger partial charge in [0.25, 0.3) is 0 Å². The molecule has 1 heterocycles. The van der Waals surface area contributed by atoms with E-state index in [9.17, 15) is 18.3 Å². The minimum Gasteiger partial charge on any atom is -0.508 e. The first kappa shape index (κ1) is 14.0. The van der Waals surface area contributed by atoms with Crippen LogP contribution in [0.1, 0.15) is 11.1 Å². The summed E-state index contributed by atoms with van der Waals surface area (Å²) < 4.78 is 38.3. The predicted octanol–water partition coefficient (Wildman–Crippen LogP) is 3.00. The van der Waals surface area contributed by atoms with Crippen molar-refractivity contribution in [2.24, 2.45) is 0 Å². The molecule has 0 saturated heterocycles. The summed E-state index contributed by atoms with van der Waals surface area (Å²) in [7, 11) is 0. The van der Waals surface area contributed by atoms with Crippen molar-refractivity contribution in [2.45, 2.75) is 12.7 Å². The van der Waals surface area contributed by atoms with Crippen molar-refractivity contribution in [2.75, 3.05) is 11.1 Å². The van der Waals surface area contributed by atoms with E-state index < -0.39 is 11.7 Å². The van der Waals surface area contributed by atoms with E-state index in [-0.39, 0.29) is 18.1 Å². The van der Waals surface area contributed by atoms with Crippen molar-refractivity contribution < 1.29 is 18.3 Å². The molecule has 0 amide bonds. The maximum absolute atomic E-state index is 12.8. The van der Waals surface area contributed by atoms with Gasteiger partial charge in [0.15, 0.2) is 0 Å². The van der Waals surface area contributed by atoms with Crippen LogP contribution < -0.4 is 11.1 Å². The van der Waals surface area contributed by atoms with Gasteiger partial charge in [-0.1, -0.05) is 0 Å². The number of nitrogen functional groups attached to an aromatic ring is 1. The molecule has 2 rings (SSSR count). The molecule has 0 bridgehead atoms. The molecule has 0 radical (unpaired) electrons. The molecule has 0 unspecified atom stereocenters. The van der Waals surface area contributed by atoms with Gasteiger partial charge in [-0.3, -0.25) is 0 Å². The van der Waals surface area contributed by atoms with Crippen LogP contribution in [0.3, 0.4) is 0 Å². The van der Waals surface area contributed by atoms with Gasteiger partial charge in [0.2, 0.25) is 0 Å². The fourth-order valence-corrected chi connectivity index (χ4v) is 1.70. The fourth-order valence-electron chi connectivity index (χ4n) is 1.70. The van der Waals surface area contributed by atoms with Gasteiger partial charge in [0.1, 0.15) is 11.6 Å². The van der Waals surface area contributed by atoms with Crippen molar-refractivity contribution in [1.82, 2.24) is 4.98 Å². The Bertz CT molecular complexity index is 614. The highest BCUT2D eigenvalue weighted by Gasteiger charge is 2.33. The number of halogens is 3. The lowest BCUT2D eigenvalue weighted by Gasteiger charge is -2.13. The smallest absolute Gasteiger partial charge is 0.419 e. The molecule has 0 fully saturated rings. The topological polar surface area (TPSA) is 71.2 Å². The predicted molar refractivity (Wildman–Crippen MR) is 69.1 cm³/mol. The van der Waals surface area contributed by atoms with Crippen LogP contribution in [0.25, 0.3) is 0 Å². The molecule has 20 heavy (non-hydrogen) atoms. The van der Waals surface area contributed by atoms with Crippen LogP contribution >= 0.6 is 0 Å². The van der Waals surface area contributed by atoms with Crippen molar-refractivity contribution >= 4 is 11.5 Å². The first-order valence-corrected chi connectivity index (χ1v) is 5.71. The van der Waals surface area contributed by atoms with Crippen molar-refractivity contribution in [3.63, 3.8) is 0 Å². The van der Waals surface area contributed by atoms with E-state index in [0.717, 1.165) is 6.07 Å². The SMILES string of the molecule is Nc1ccc(O)c(CNc2ncccc2C(F)(F)F)c1. The summed E-state index contributed by atoms with van der Waals surface area (Å²) in [5, 5.41) is 12.2. The second kappa shape index (κ2) is 5.28. The summed E-state index contributed by atoms with van der Waals surface area (Å²) in [6, 6.07) is 6.52. The number of nitrogens with two attached hydrogens (primary N) is 1. The zero-order chi connectivity index (χ0) is 14.8. The van der Waals surface area contributed by atoms with Gasteiger partial charge in [-0.05, 0) is 30.3 Å². The third-order valence-electron chi connectivity index (χ3n) is 2.66. The number of nitrogens with zero attached hydrogens (tertiary/aromatic N) is 1. The van der Waals surface area contributed by atoms with Crippen LogP contribution in [0, 0.1) is 0 Å². The normalized spacial score (nSPS) is 11.3. The number of nitrogens with one attached hydrogen (secondary N) is 1. The number of phenolic OH excluding ortho intramolecular Hbond substituents is 1. The molecular weight excluding hydrogens is 271 g/mol. The summed E-state index contributed by atoms with van der Waals surface area (Å²) >= 11 is 0. The Kier molecular flexibility index (Phi) is 3.69. The summed E-state index contributed by atoms with van der Waals surface area (Å²) in [6.45, 7) is -0.0169. The Morgan fingerprint density at radius 1 is 1.25 bits per heavy atom. The van der Waals surface area contributed by atoms with Crippen LogP contribution in [-0.2, 0) is 12.7 Å². The Balaban J connectivity index is 2.21. The van der Waals surface area contributed by atoms with E-state index in [1.807, 2.05) is 0 Å². The Labute approximate surface area is 113 Å². The van der Waals surface area contributed by atoms with E-state index in [1.54, 1.807) is 0 Å². The van der Waals surface area contributed by atoms with Gasteiger partial charge in [-0.2, -0.15) is 13.2 Å². The first-order valence-electron chi connectivity index (χ1n) is 5.71. The van der Waals surface area contributed by atoms with Gasteiger partial charge in [0, 0.05) is 24.0 Å². The third-order valence-corrected chi connectivity index (χ3v) is 2.66. The zero-order valence-corrected chi connectivity index (χ0v) is 10.3. The average molecular weight is 283 g/mol. The van der Waals surface area contributed by atoms with Crippen molar-refractivity contribution in [1.29, 1.82) is 0 Å².